The van der Waals surface area contributed by atoms with Crippen molar-refractivity contribution in [2.24, 2.45) is 5.22 Å². The van der Waals surface area contributed by atoms with Gasteiger partial charge in [-0.3, -0.25) is 0 Å². The second kappa shape index (κ2) is 6.58. The largest absolute Gasteiger partial charge is 0.447 e. The fourth-order valence-corrected chi connectivity index (χ4v) is 1.70. The van der Waals surface area contributed by atoms with Crippen molar-refractivity contribution in [2.75, 3.05) is 19.9 Å². The number of carbonyl (C=O) groups is 1. The molecule has 0 N–H and O–H groups in total. The molecule has 0 spiro atoms. The molecule has 2 rings (SSSR count). The zero-order valence-corrected chi connectivity index (χ0v) is 10.4. The van der Waals surface area contributed by atoms with E-state index in [2.05, 4.69) is 10.1 Å². The van der Waals surface area contributed by atoms with Gasteiger partial charge >= 0.3 is 5.97 Å². The molecule has 1 fully saturated rings. The Bertz CT molecular complexity index is 444. The van der Waals surface area contributed by atoms with Crippen molar-refractivity contribution in [3.63, 3.8) is 0 Å². The lowest BCUT2D eigenvalue weighted by atomic mass is 10.2. The number of hydrogen-bond donors (Lipinski definition) is 0. The Morgan fingerprint density at radius 3 is 2.68 bits per heavy atom. The van der Waals surface area contributed by atoms with E-state index in [4.69, 9.17) is 4.74 Å². The Morgan fingerprint density at radius 2 is 2.00 bits per heavy atom. The SMILES string of the molecule is O=C(OCO/[N+]([O-])=N\N1CCCC1)c1ccccc1. The summed E-state index contributed by atoms with van der Waals surface area (Å²) in [6.07, 6.45) is 2.03. The first-order valence-corrected chi connectivity index (χ1v) is 6.04. The number of nitrogens with zero attached hydrogens (tertiary/aromatic N) is 3. The van der Waals surface area contributed by atoms with E-state index < -0.39 is 12.8 Å². The van der Waals surface area contributed by atoms with Crippen LogP contribution in [0, 0.1) is 5.21 Å². The van der Waals surface area contributed by atoms with E-state index in [1.165, 1.54) is 0 Å². The minimum absolute atomic E-state index is 0.0730. The van der Waals surface area contributed by atoms with Crippen molar-refractivity contribution in [1.29, 1.82) is 0 Å². The second-order valence-corrected chi connectivity index (χ2v) is 4.03. The molecule has 0 radical (unpaired) electrons. The Morgan fingerprint density at radius 1 is 1.32 bits per heavy atom. The van der Waals surface area contributed by atoms with Gasteiger partial charge in [0, 0.05) is 0 Å². The molecule has 0 unspecified atom stereocenters. The Kier molecular flexibility index (Phi) is 4.54. The maximum atomic E-state index is 11.5. The van der Waals surface area contributed by atoms with E-state index in [1.54, 1.807) is 35.3 Å². The van der Waals surface area contributed by atoms with Crippen LogP contribution in [0.4, 0.5) is 0 Å². The smallest absolute Gasteiger partial charge is 0.339 e. The van der Waals surface area contributed by atoms with Crippen molar-refractivity contribution in [2.45, 2.75) is 12.8 Å². The van der Waals surface area contributed by atoms with Crippen molar-refractivity contribution in [1.82, 2.24) is 5.01 Å². The highest BCUT2D eigenvalue weighted by molar-refractivity contribution is 5.89. The van der Waals surface area contributed by atoms with E-state index in [0.717, 1.165) is 25.9 Å². The summed E-state index contributed by atoms with van der Waals surface area (Å²) in [5.41, 5.74) is 0.403. The minimum Gasteiger partial charge on any atom is -0.447 e. The van der Waals surface area contributed by atoms with Crippen LogP contribution in [0.5, 0.6) is 0 Å². The first-order valence-electron chi connectivity index (χ1n) is 6.04. The normalized spacial score (nSPS) is 15.4. The third-order valence-electron chi connectivity index (χ3n) is 2.64. The van der Waals surface area contributed by atoms with Crippen LogP contribution in [0.2, 0.25) is 0 Å². The van der Waals surface area contributed by atoms with Crippen molar-refractivity contribution < 1.29 is 19.4 Å². The summed E-state index contributed by atoms with van der Waals surface area (Å²) >= 11 is 0. The molecule has 1 aliphatic rings. The van der Waals surface area contributed by atoms with Crippen LogP contribution < -0.4 is 0 Å². The first kappa shape index (κ1) is 13.1. The summed E-state index contributed by atoms with van der Waals surface area (Å²) in [5, 5.41) is 16.5. The molecule has 0 aromatic heterocycles. The second-order valence-electron chi connectivity index (χ2n) is 4.03. The summed E-state index contributed by atoms with van der Waals surface area (Å²) in [6, 6.07) is 8.47. The first-order chi connectivity index (χ1) is 9.25. The van der Waals surface area contributed by atoms with Crippen LogP contribution in [0.1, 0.15) is 23.2 Å². The monoisotopic (exact) mass is 265 g/mol. The van der Waals surface area contributed by atoms with Gasteiger partial charge in [0.1, 0.15) is 18.3 Å². The molecule has 0 atom stereocenters. The molecule has 1 saturated heterocycles. The van der Waals surface area contributed by atoms with E-state index >= 15 is 0 Å². The Balaban J connectivity index is 1.72. The van der Waals surface area contributed by atoms with Gasteiger partial charge in [0.2, 0.25) is 0 Å². The van der Waals surface area contributed by atoms with Gasteiger partial charge in [0.25, 0.3) is 0 Å². The lowest BCUT2D eigenvalue weighted by Gasteiger charge is -2.10. The van der Waals surface area contributed by atoms with Crippen LogP contribution in [0.3, 0.4) is 0 Å². The van der Waals surface area contributed by atoms with Crippen molar-refractivity contribution >= 4 is 5.97 Å². The van der Waals surface area contributed by atoms with Crippen LogP contribution in [0.25, 0.3) is 0 Å². The summed E-state index contributed by atoms with van der Waals surface area (Å²) in [6.45, 7) is 1.02. The molecule has 0 saturated carbocycles. The third kappa shape index (κ3) is 4.13. The van der Waals surface area contributed by atoms with Crippen LogP contribution in [-0.2, 0) is 9.57 Å². The molecule has 0 aliphatic carbocycles. The molecule has 1 aromatic carbocycles. The number of hydrogen-bond acceptors (Lipinski definition) is 5. The summed E-state index contributed by atoms with van der Waals surface area (Å²) < 4.78 is 4.78. The number of rotatable bonds is 5. The van der Waals surface area contributed by atoms with Crippen molar-refractivity contribution in [3.05, 3.63) is 41.1 Å². The number of ether oxygens (including phenoxy) is 1. The van der Waals surface area contributed by atoms with Gasteiger partial charge in [-0.1, -0.05) is 18.2 Å². The number of carbonyl (C=O) groups excluding carboxylic acids is 1. The van der Waals surface area contributed by atoms with E-state index in [9.17, 15) is 10.0 Å². The molecule has 7 heteroatoms. The highest BCUT2D eigenvalue weighted by Crippen LogP contribution is 2.07. The average molecular weight is 265 g/mol. The molecule has 0 bridgehead atoms. The standard InChI is InChI=1S/C12H15N3O4/c16-12(11-6-2-1-3-7-11)18-10-19-15(17)13-14-8-4-5-9-14/h1-3,6-7H,4-5,8-10H2/b15-13-. The van der Waals surface area contributed by atoms with Gasteiger partial charge < -0.3 is 14.8 Å². The molecule has 19 heavy (non-hydrogen) atoms. The molecular weight excluding hydrogens is 250 g/mol. The molecular formula is C12H15N3O4. The average Bonchev–Trinajstić information content (AvgIpc) is 2.92. The molecule has 7 nitrogen and oxygen atoms in total. The molecule has 1 aliphatic heterocycles. The Labute approximate surface area is 110 Å². The fraction of sp³-hybridized carbons (Fsp3) is 0.417. The predicted molar refractivity (Wildman–Crippen MR) is 64.7 cm³/mol. The van der Waals surface area contributed by atoms with Gasteiger partial charge in [-0.2, -0.15) is 5.01 Å². The van der Waals surface area contributed by atoms with Crippen LogP contribution >= 0.6 is 0 Å². The van der Waals surface area contributed by atoms with Crippen molar-refractivity contribution in [3.8, 4) is 0 Å². The maximum absolute atomic E-state index is 11.5. The molecule has 1 aromatic rings. The zero-order chi connectivity index (χ0) is 13.5. The Hall–Kier alpha value is -2.31. The zero-order valence-electron chi connectivity index (χ0n) is 10.4. The summed E-state index contributed by atoms with van der Waals surface area (Å²) in [4.78, 5) is 16.1. The predicted octanol–water partition coefficient (Wildman–Crippen LogP) is 1.71. The quantitative estimate of drug-likeness (QED) is 0.350. The lowest BCUT2D eigenvalue weighted by Crippen LogP contribution is -2.18. The molecule has 1 heterocycles. The van der Waals surface area contributed by atoms with Gasteiger partial charge in [-0.15, -0.1) is 0 Å². The topological polar surface area (TPSA) is 77.2 Å². The van der Waals surface area contributed by atoms with Crippen LogP contribution in [-0.4, -0.2) is 35.9 Å². The third-order valence-corrected chi connectivity index (χ3v) is 2.64. The number of benzene rings is 1. The highest BCUT2D eigenvalue weighted by atomic mass is 16.9. The van der Waals surface area contributed by atoms with Gasteiger partial charge in [-0.25, -0.2) is 4.79 Å². The van der Waals surface area contributed by atoms with E-state index in [1.807, 2.05) is 0 Å². The lowest BCUT2D eigenvalue weighted by molar-refractivity contribution is -0.805. The van der Waals surface area contributed by atoms with E-state index in [0.29, 0.717) is 5.56 Å². The van der Waals surface area contributed by atoms with Gasteiger partial charge in [-0.05, 0) is 25.0 Å². The fourth-order valence-electron chi connectivity index (χ4n) is 1.70. The maximum Gasteiger partial charge on any atom is 0.339 e. The number of esters is 1. The van der Waals surface area contributed by atoms with E-state index in [-0.39, 0.29) is 5.02 Å². The summed E-state index contributed by atoms with van der Waals surface area (Å²) in [5.74, 6) is -0.546. The summed E-state index contributed by atoms with van der Waals surface area (Å²) in [7, 11) is 0. The highest BCUT2D eigenvalue weighted by Gasteiger charge is 2.16. The minimum atomic E-state index is -0.546. The van der Waals surface area contributed by atoms with Gasteiger partial charge in [0.15, 0.2) is 6.79 Å². The van der Waals surface area contributed by atoms with Gasteiger partial charge in [0.05, 0.1) is 10.6 Å². The van der Waals surface area contributed by atoms with Crippen LogP contribution in [0.15, 0.2) is 35.6 Å². The molecule has 0 amide bonds. The molecule has 102 valence electrons.